The number of oxazole rings is 1. The standard InChI is InChI=1S/C19H19N3O3/c1-13-12-25-18(21-13)15-3-2-4-16(11-15)22-19(24)20-10-9-14-5-7-17(23)8-6-14/h2-8,11-12,23H,9-10H2,1H3,(H2,20,22,24). The van der Waals surface area contributed by atoms with E-state index >= 15 is 0 Å². The predicted molar refractivity (Wildman–Crippen MR) is 95.5 cm³/mol. The summed E-state index contributed by atoms with van der Waals surface area (Å²) in [5.74, 6) is 0.754. The molecule has 0 aliphatic carbocycles. The van der Waals surface area contributed by atoms with Crippen molar-refractivity contribution in [3.05, 3.63) is 66.1 Å². The van der Waals surface area contributed by atoms with Gasteiger partial charge in [0.25, 0.3) is 0 Å². The maximum atomic E-state index is 12.0. The molecule has 3 aromatic rings. The van der Waals surface area contributed by atoms with Gasteiger partial charge in [-0.2, -0.15) is 0 Å². The number of benzene rings is 2. The highest BCUT2D eigenvalue weighted by atomic mass is 16.3. The fraction of sp³-hybridized carbons (Fsp3) is 0.158. The average Bonchev–Trinajstić information content (AvgIpc) is 3.03. The number of hydrogen-bond acceptors (Lipinski definition) is 4. The third kappa shape index (κ3) is 4.60. The molecule has 0 saturated heterocycles. The first-order chi connectivity index (χ1) is 12.1. The molecule has 6 nitrogen and oxygen atoms in total. The predicted octanol–water partition coefficient (Wildman–Crippen LogP) is 3.72. The number of aromatic nitrogens is 1. The van der Waals surface area contributed by atoms with Crippen molar-refractivity contribution in [1.82, 2.24) is 10.3 Å². The second kappa shape index (κ2) is 7.53. The highest BCUT2D eigenvalue weighted by molar-refractivity contribution is 5.89. The van der Waals surface area contributed by atoms with Crippen LogP contribution in [0.25, 0.3) is 11.5 Å². The first-order valence-corrected chi connectivity index (χ1v) is 7.95. The van der Waals surface area contributed by atoms with Crippen LogP contribution >= 0.6 is 0 Å². The van der Waals surface area contributed by atoms with Gasteiger partial charge in [0.1, 0.15) is 12.0 Å². The Kier molecular flexibility index (Phi) is 4.99. The van der Waals surface area contributed by atoms with Crippen molar-refractivity contribution < 1.29 is 14.3 Å². The van der Waals surface area contributed by atoms with Crippen LogP contribution in [0.3, 0.4) is 0 Å². The first-order valence-electron chi connectivity index (χ1n) is 7.95. The Morgan fingerprint density at radius 2 is 2.00 bits per heavy atom. The number of aryl methyl sites for hydroxylation is 1. The van der Waals surface area contributed by atoms with Crippen LogP contribution in [-0.2, 0) is 6.42 Å². The van der Waals surface area contributed by atoms with Crippen LogP contribution < -0.4 is 10.6 Å². The van der Waals surface area contributed by atoms with E-state index in [4.69, 9.17) is 4.42 Å². The molecule has 0 bridgehead atoms. The van der Waals surface area contributed by atoms with Crippen LogP contribution in [0, 0.1) is 6.92 Å². The molecule has 1 aromatic heterocycles. The average molecular weight is 337 g/mol. The zero-order valence-corrected chi connectivity index (χ0v) is 13.8. The number of carbonyl (C=O) groups excluding carboxylic acids is 1. The summed E-state index contributed by atoms with van der Waals surface area (Å²) >= 11 is 0. The minimum atomic E-state index is -0.278. The van der Waals surface area contributed by atoms with Crippen LogP contribution in [0.1, 0.15) is 11.3 Å². The molecular formula is C19H19N3O3. The van der Waals surface area contributed by atoms with Crippen molar-refractivity contribution in [2.75, 3.05) is 11.9 Å². The van der Waals surface area contributed by atoms with Crippen LogP contribution in [0.15, 0.2) is 59.2 Å². The fourth-order valence-corrected chi connectivity index (χ4v) is 2.37. The molecule has 0 atom stereocenters. The molecule has 0 saturated carbocycles. The lowest BCUT2D eigenvalue weighted by molar-refractivity contribution is 0.252. The van der Waals surface area contributed by atoms with Gasteiger partial charge in [-0.15, -0.1) is 0 Å². The summed E-state index contributed by atoms with van der Waals surface area (Å²) in [5.41, 5.74) is 3.31. The first kappa shape index (κ1) is 16.6. The Balaban J connectivity index is 1.53. The Morgan fingerprint density at radius 3 is 2.72 bits per heavy atom. The highest BCUT2D eigenvalue weighted by Crippen LogP contribution is 2.21. The number of nitrogens with one attached hydrogen (secondary N) is 2. The van der Waals surface area contributed by atoms with E-state index in [9.17, 15) is 9.90 Å². The second-order valence-electron chi connectivity index (χ2n) is 5.67. The summed E-state index contributed by atoms with van der Waals surface area (Å²) in [6, 6.07) is 14.0. The molecule has 128 valence electrons. The van der Waals surface area contributed by atoms with Crippen molar-refractivity contribution >= 4 is 11.7 Å². The Hall–Kier alpha value is -3.28. The van der Waals surface area contributed by atoms with Crippen molar-refractivity contribution in [2.45, 2.75) is 13.3 Å². The van der Waals surface area contributed by atoms with Crippen molar-refractivity contribution in [1.29, 1.82) is 0 Å². The van der Waals surface area contributed by atoms with Crippen LogP contribution in [0.5, 0.6) is 5.75 Å². The van der Waals surface area contributed by atoms with Gasteiger partial charge in [-0.25, -0.2) is 9.78 Å². The van der Waals surface area contributed by atoms with Gasteiger partial charge in [-0.1, -0.05) is 18.2 Å². The van der Waals surface area contributed by atoms with Gasteiger partial charge < -0.3 is 20.2 Å². The molecule has 0 spiro atoms. The quantitative estimate of drug-likeness (QED) is 0.662. The summed E-state index contributed by atoms with van der Waals surface area (Å²) in [5, 5.41) is 14.9. The Bertz CT molecular complexity index is 856. The van der Waals surface area contributed by atoms with Crippen molar-refractivity contribution in [3.8, 4) is 17.2 Å². The topological polar surface area (TPSA) is 87.4 Å². The molecule has 2 aromatic carbocycles. The monoisotopic (exact) mass is 337 g/mol. The molecule has 0 aliphatic rings. The number of phenolic OH excluding ortho intramolecular Hbond substituents is 1. The van der Waals surface area contributed by atoms with Gasteiger partial charge in [0, 0.05) is 17.8 Å². The van der Waals surface area contributed by atoms with Gasteiger partial charge in [0.15, 0.2) is 0 Å². The van der Waals surface area contributed by atoms with Crippen LogP contribution in [0.4, 0.5) is 10.5 Å². The minimum absolute atomic E-state index is 0.232. The second-order valence-corrected chi connectivity index (χ2v) is 5.67. The van der Waals surface area contributed by atoms with E-state index in [1.165, 1.54) is 0 Å². The molecular weight excluding hydrogens is 318 g/mol. The van der Waals surface area contributed by atoms with E-state index in [0.717, 1.165) is 16.8 Å². The van der Waals surface area contributed by atoms with E-state index in [1.54, 1.807) is 24.5 Å². The lowest BCUT2D eigenvalue weighted by Gasteiger charge is -2.08. The maximum Gasteiger partial charge on any atom is 0.319 e. The molecule has 25 heavy (non-hydrogen) atoms. The molecule has 2 amide bonds. The van der Waals surface area contributed by atoms with E-state index in [0.29, 0.717) is 24.5 Å². The van der Waals surface area contributed by atoms with Gasteiger partial charge in [0.2, 0.25) is 5.89 Å². The lowest BCUT2D eigenvalue weighted by Crippen LogP contribution is -2.30. The molecule has 3 N–H and O–H groups in total. The molecule has 3 rings (SSSR count). The lowest BCUT2D eigenvalue weighted by atomic mass is 10.1. The zero-order valence-electron chi connectivity index (χ0n) is 13.8. The smallest absolute Gasteiger partial charge is 0.319 e. The molecule has 6 heteroatoms. The molecule has 1 heterocycles. The van der Waals surface area contributed by atoms with Gasteiger partial charge >= 0.3 is 6.03 Å². The normalized spacial score (nSPS) is 10.4. The fourth-order valence-electron chi connectivity index (χ4n) is 2.37. The molecule has 0 fully saturated rings. The highest BCUT2D eigenvalue weighted by Gasteiger charge is 2.07. The number of hydrogen-bond donors (Lipinski definition) is 3. The number of rotatable bonds is 5. The van der Waals surface area contributed by atoms with Crippen molar-refractivity contribution in [2.24, 2.45) is 0 Å². The number of phenols is 1. The third-order valence-electron chi connectivity index (χ3n) is 3.62. The largest absolute Gasteiger partial charge is 0.508 e. The zero-order chi connectivity index (χ0) is 17.6. The number of aromatic hydroxyl groups is 1. The SMILES string of the molecule is Cc1coc(-c2cccc(NC(=O)NCCc3ccc(O)cc3)c2)n1. The maximum absolute atomic E-state index is 12.0. The molecule has 0 radical (unpaired) electrons. The number of amides is 2. The summed E-state index contributed by atoms with van der Waals surface area (Å²) in [7, 11) is 0. The Labute approximate surface area is 145 Å². The van der Waals surface area contributed by atoms with Crippen LogP contribution in [0.2, 0.25) is 0 Å². The summed E-state index contributed by atoms with van der Waals surface area (Å²) < 4.78 is 5.38. The number of carbonyl (C=O) groups is 1. The van der Waals surface area contributed by atoms with E-state index in [2.05, 4.69) is 15.6 Å². The van der Waals surface area contributed by atoms with Gasteiger partial charge in [-0.3, -0.25) is 0 Å². The van der Waals surface area contributed by atoms with E-state index in [-0.39, 0.29) is 11.8 Å². The van der Waals surface area contributed by atoms with Crippen molar-refractivity contribution in [3.63, 3.8) is 0 Å². The minimum Gasteiger partial charge on any atom is -0.508 e. The number of anilines is 1. The van der Waals surface area contributed by atoms with E-state index < -0.39 is 0 Å². The summed E-state index contributed by atoms with van der Waals surface area (Å²) in [6.45, 7) is 2.35. The van der Waals surface area contributed by atoms with E-state index in [1.807, 2.05) is 37.3 Å². The third-order valence-corrected chi connectivity index (χ3v) is 3.62. The van der Waals surface area contributed by atoms with Gasteiger partial charge in [0.05, 0.1) is 5.69 Å². The summed E-state index contributed by atoms with van der Waals surface area (Å²) in [6.07, 6.45) is 2.27. The van der Waals surface area contributed by atoms with Gasteiger partial charge in [-0.05, 0) is 49.2 Å². The van der Waals surface area contributed by atoms with Crippen LogP contribution in [-0.4, -0.2) is 22.7 Å². The Morgan fingerprint density at radius 1 is 1.20 bits per heavy atom. The molecule has 0 aliphatic heterocycles. The number of nitrogens with zero attached hydrogens (tertiary/aromatic N) is 1. The summed E-state index contributed by atoms with van der Waals surface area (Å²) in [4.78, 5) is 16.3. The molecule has 0 unspecified atom stereocenters. The number of urea groups is 1.